The number of hydrogen-bond donors (Lipinski definition) is 1. The van der Waals surface area contributed by atoms with E-state index in [1.54, 1.807) is 41.5 Å². The van der Waals surface area contributed by atoms with Gasteiger partial charge in [0.05, 0.1) is 35.1 Å². The Morgan fingerprint density at radius 3 is 2.31 bits per heavy atom. The number of para-hydroxylation sites is 3. The molecule has 3 aromatic rings. The van der Waals surface area contributed by atoms with Gasteiger partial charge < -0.3 is 14.6 Å². The van der Waals surface area contributed by atoms with Crippen LogP contribution in [-0.2, 0) is 14.4 Å². The van der Waals surface area contributed by atoms with Crippen LogP contribution in [0.1, 0.15) is 25.5 Å². The smallest absolute Gasteiger partial charge is 0.266 e. The average Bonchev–Trinajstić information content (AvgIpc) is 3.39. The van der Waals surface area contributed by atoms with E-state index >= 15 is 0 Å². The summed E-state index contributed by atoms with van der Waals surface area (Å²) < 4.78 is 11.7. The number of halogens is 1. The number of ether oxygens (including phenoxy) is 2. The molecule has 2 fully saturated rings. The van der Waals surface area contributed by atoms with Crippen LogP contribution in [0.3, 0.4) is 0 Å². The Hall–Kier alpha value is -3.56. The molecule has 36 heavy (non-hydrogen) atoms. The predicted molar refractivity (Wildman–Crippen MR) is 137 cm³/mol. The number of benzene rings is 3. The third kappa shape index (κ3) is 3.98. The lowest BCUT2D eigenvalue weighted by atomic mass is 9.90. The topological polar surface area (TPSA) is 88.5 Å². The number of rotatable bonds is 7. The summed E-state index contributed by atoms with van der Waals surface area (Å²) in [5.74, 6) is -0.995. The molecule has 0 spiro atoms. The Kier molecular flexibility index (Phi) is 6.59. The average molecular weight is 553 g/mol. The maximum atomic E-state index is 13.9. The van der Waals surface area contributed by atoms with Crippen LogP contribution >= 0.6 is 15.9 Å². The number of imide groups is 1. The summed E-state index contributed by atoms with van der Waals surface area (Å²) in [7, 11) is 0. The van der Waals surface area contributed by atoms with Gasteiger partial charge in [0, 0.05) is 0 Å². The lowest BCUT2D eigenvalue weighted by Gasteiger charge is -2.29. The monoisotopic (exact) mass is 552 g/mol. The fraction of sp³-hybridized carbons (Fsp3) is 0.259. The van der Waals surface area contributed by atoms with Gasteiger partial charge in [0.2, 0.25) is 5.91 Å². The van der Waals surface area contributed by atoms with Crippen LogP contribution in [0.2, 0.25) is 0 Å². The van der Waals surface area contributed by atoms with Gasteiger partial charge in [-0.05, 0) is 71.7 Å². The molecule has 3 aromatic carbocycles. The van der Waals surface area contributed by atoms with Crippen LogP contribution in [0.15, 0.2) is 71.2 Å². The molecule has 2 aliphatic rings. The van der Waals surface area contributed by atoms with Crippen LogP contribution in [0.5, 0.6) is 17.2 Å². The number of hydrogen-bond acceptors (Lipinski definition) is 7. The molecule has 2 heterocycles. The highest BCUT2D eigenvalue weighted by Crippen LogP contribution is 2.50. The van der Waals surface area contributed by atoms with E-state index in [9.17, 15) is 14.7 Å². The molecule has 1 N–H and O–H groups in total. The van der Waals surface area contributed by atoms with Gasteiger partial charge >= 0.3 is 0 Å². The molecule has 3 atom stereocenters. The molecule has 0 aromatic heterocycles. The number of carbonyl (C=O) groups is 2. The molecule has 0 aliphatic carbocycles. The third-order valence-corrected chi connectivity index (χ3v) is 6.83. The number of anilines is 2. The van der Waals surface area contributed by atoms with E-state index in [4.69, 9.17) is 14.3 Å². The van der Waals surface area contributed by atoms with E-state index in [-0.39, 0.29) is 17.4 Å². The minimum absolute atomic E-state index is 0.0385. The molecule has 0 bridgehead atoms. The Labute approximate surface area is 217 Å². The largest absolute Gasteiger partial charge is 0.503 e. The summed E-state index contributed by atoms with van der Waals surface area (Å²) >= 11 is 3.40. The second-order valence-electron chi connectivity index (χ2n) is 8.35. The van der Waals surface area contributed by atoms with Gasteiger partial charge in [0.1, 0.15) is 11.7 Å². The first-order valence-corrected chi connectivity index (χ1v) is 12.5. The van der Waals surface area contributed by atoms with Crippen molar-refractivity contribution < 1.29 is 29.0 Å². The van der Waals surface area contributed by atoms with Crippen molar-refractivity contribution in [1.29, 1.82) is 0 Å². The zero-order valence-electron chi connectivity index (χ0n) is 19.8. The zero-order valence-corrected chi connectivity index (χ0v) is 21.3. The van der Waals surface area contributed by atoms with Crippen molar-refractivity contribution in [2.45, 2.75) is 26.0 Å². The van der Waals surface area contributed by atoms with Gasteiger partial charge in [0.25, 0.3) is 5.91 Å². The Morgan fingerprint density at radius 1 is 0.917 bits per heavy atom. The summed E-state index contributed by atoms with van der Waals surface area (Å²) in [4.78, 5) is 34.9. The molecular weight excluding hydrogens is 528 g/mol. The summed E-state index contributed by atoms with van der Waals surface area (Å²) in [6, 6.07) is 19.0. The van der Waals surface area contributed by atoms with E-state index in [0.717, 1.165) is 4.90 Å². The van der Waals surface area contributed by atoms with Gasteiger partial charge in [-0.15, -0.1) is 0 Å². The molecule has 2 saturated heterocycles. The highest BCUT2D eigenvalue weighted by Gasteiger charge is 2.60. The molecule has 0 saturated carbocycles. The van der Waals surface area contributed by atoms with Crippen molar-refractivity contribution in [2.75, 3.05) is 23.2 Å². The quantitative estimate of drug-likeness (QED) is 0.412. The molecule has 0 radical (unpaired) electrons. The molecule has 9 heteroatoms. The highest BCUT2D eigenvalue weighted by molar-refractivity contribution is 9.10. The number of fused-ring (bicyclic) bond motifs is 1. The molecule has 186 valence electrons. The Morgan fingerprint density at radius 2 is 1.58 bits per heavy atom. The van der Waals surface area contributed by atoms with E-state index < -0.39 is 24.0 Å². The second kappa shape index (κ2) is 9.83. The lowest BCUT2D eigenvalue weighted by molar-refractivity contribution is -0.126. The SMILES string of the molecule is CCOc1ccccc1N1C(=O)[C@@H]2[C@H](ON(c3ccccc3)[C@H]2c2cc(Br)c(O)c(OCC)c2)C1=O. The first kappa shape index (κ1) is 24.1. The summed E-state index contributed by atoms with van der Waals surface area (Å²) in [6.07, 6.45) is -1.03. The van der Waals surface area contributed by atoms with Crippen LogP contribution in [-0.4, -0.2) is 36.2 Å². The first-order chi connectivity index (χ1) is 17.5. The normalized spacial score (nSPS) is 21.1. The zero-order chi connectivity index (χ0) is 25.4. The molecule has 0 unspecified atom stereocenters. The van der Waals surface area contributed by atoms with E-state index in [1.165, 1.54) is 0 Å². The first-order valence-electron chi connectivity index (χ1n) is 11.7. The fourth-order valence-electron chi connectivity index (χ4n) is 4.74. The van der Waals surface area contributed by atoms with E-state index in [0.29, 0.717) is 40.4 Å². The van der Waals surface area contributed by atoms with Crippen molar-refractivity contribution in [1.82, 2.24) is 0 Å². The van der Waals surface area contributed by atoms with Crippen LogP contribution in [0, 0.1) is 5.92 Å². The van der Waals surface area contributed by atoms with Crippen molar-refractivity contribution in [3.63, 3.8) is 0 Å². The maximum Gasteiger partial charge on any atom is 0.266 e. The van der Waals surface area contributed by atoms with Gasteiger partial charge in [-0.2, -0.15) is 0 Å². The summed E-state index contributed by atoms with van der Waals surface area (Å²) in [6.45, 7) is 4.40. The van der Waals surface area contributed by atoms with Gasteiger partial charge in [-0.3, -0.25) is 14.4 Å². The third-order valence-electron chi connectivity index (χ3n) is 6.22. The van der Waals surface area contributed by atoms with Gasteiger partial charge in [-0.25, -0.2) is 9.96 Å². The number of phenolic OH excluding ortho intramolecular Hbond substituents is 1. The van der Waals surface area contributed by atoms with Crippen LogP contribution in [0.4, 0.5) is 11.4 Å². The van der Waals surface area contributed by atoms with Crippen molar-refractivity contribution in [2.24, 2.45) is 5.92 Å². The Bertz CT molecular complexity index is 1300. The molecule has 5 rings (SSSR count). The minimum Gasteiger partial charge on any atom is -0.503 e. The predicted octanol–water partition coefficient (Wildman–Crippen LogP) is 5.00. The fourth-order valence-corrected chi connectivity index (χ4v) is 5.20. The number of aromatic hydroxyl groups is 1. The van der Waals surface area contributed by atoms with Crippen molar-refractivity contribution >= 4 is 39.1 Å². The van der Waals surface area contributed by atoms with Gasteiger partial charge in [0.15, 0.2) is 17.6 Å². The standard InChI is InChI=1S/C27H25BrN2O6/c1-3-34-20-13-9-8-12-19(20)29-26(32)22-23(16-14-18(28)24(31)21(15-16)35-4-2)30(36-25(22)27(29)33)17-10-6-5-7-11-17/h5-15,22-23,25,31H,3-4H2,1-2H3/t22-,23-,25-/m0/s1. The van der Waals surface area contributed by atoms with Crippen LogP contribution in [0.25, 0.3) is 0 Å². The van der Waals surface area contributed by atoms with E-state index in [1.807, 2.05) is 44.2 Å². The van der Waals surface area contributed by atoms with Crippen LogP contribution < -0.4 is 19.4 Å². The van der Waals surface area contributed by atoms with Crippen molar-refractivity contribution in [3.05, 3.63) is 76.8 Å². The highest BCUT2D eigenvalue weighted by atomic mass is 79.9. The number of amides is 2. The van der Waals surface area contributed by atoms with Crippen molar-refractivity contribution in [3.8, 4) is 17.2 Å². The number of hydroxylamine groups is 1. The number of nitrogens with zero attached hydrogens (tertiary/aromatic N) is 2. The minimum atomic E-state index is -1.03. The number of phenols is 1. The molecule has 8 nitrogen and oxygen atoms in total. The Balaban J connectivity index is 1.62. The molecular formula is C27H25BrN2O6. The summed E-state index contributed by atoms with van der Waals surface area (Å²) in [5.41, 5.74) is 1.74. The molecule has 2 amide bonds. The number of carbonyl (C=O) groups excluding carboxylic acids is 2. The summed E-state index contributed by atoms with van der Waals surface area (Å²) in [5, 5.41) is 12.1. The maximum absolute atomic E-state index is 13.9. The van der Waals surface area contributed by atoms with E-state index in [2.05, 4.69) is 15.9 Å². The molecule has 2 aliphatic heterocycles. The van der Waals surface area contributed by atoms with Gasteiger partial charge in [-0.1, -0.05) is 30.3 Å². The lowest BCUT2D eigenvalue weighted by Crippen LogP contribution is -2.37. The second-order valence-corrected chi connectivity index (χ2v) is 9.21.